The van der Waals surface area contributed by atoms with Crippen molar-refractivity contribution in [2.75, 3.05) is 37.3 Å². The molecule has 0 unspecified atom stereocenters. The van der Waals surface area contributed by atoms with Crippen LogP contribution in [0.5, 0.6) is 0 Å². The van der Waals surface area contributed by atoms with Crippen LogP contribution in [0.15, 0.2) is 10.9 Å². The molecule has 0 radical (unpaired) electrons. The minimum atomic E-state index is -3.14. The van der Waals surface area contributed by atoms with E-state index in [-0.39, 0.29) is 5.56 Å². The largest absolute Gasteiger partial charge is 0.340 e. The number of sulfonamides is 1. The predicted molar refractivity (Wildman–Crippen MR) is 72.9 cm³/mol. The Kier molecular flexibility index (Phi) is 3.91. The van der Waals surface area contributed by atoms with Gasteiger partial charge in [-0.2, -0.15) is 4.31 Å². The third-order valence-electron chi connectivity index (χ3n) is 3.15. The van der Waals surface area contributed by atoms with Crippen LogP contribution in [0.3, 0.4) is 0 Å². The summed E-state index contributed by atoms with van der Waals surface area (Å²) in [7, 11) is -3.14. The molecule has 2 heterocycles. The monoisotopic (exact) mass is 286 g/mol. The summed E-state index contributed by atoms with van der Waals surface area (Å²) in [6, 6.07) is 1.48. The molecule has 0 atom stereocenters. The van der Waals surface area contributed by atoms with E-state index in [1.807, 2.05) is 11.8 Å². The van der Waals surface area contributed by atoms with Gasteiger partial charge < -0.3 is 4.90 Å². The molecule has 7 nitrogen and oxygen atoms in total. The van der Waals surface area contributed by atoms with Crippen LogP contribution < -0.4 is 10.5 Å². The highest BCUT2D eigenvalue weighted by Gasteiger charge is 2.24. The van der Waals surface area contributed by atoms with Crippen molar-refractivity contribution < 1.29 is 8.42 Å². The Hall–Kier alpha value is -1.41. The van der Waals surface area contributed by atoms with E-state index in [1.54, 1.807) is 0 Å². The maximum absolute atomic E-state index is 11.5. The van der Waals surface area contributed by atoms with E-state index in [1.165, 1.54) is 16.6 Å². The number of anilines is 1. The van der Waals surface area contributed by atoms with Crippen molar-refractivity contribution in [2.45, 2.75) is 13.3 Å². The molecule has 1 N–H and O–H groups in total. The number of aryl methyl sites for hydroxylation is 1. The molecule has 1 aliphatic rings. The van der Waals surface area contributed by atoms with Gasteiger partial charge in [-0.15, -0.1) is 0 Å². The number of aromatic nitrogens is 2. The lowest BCUT2D eigenvalue weighted by Crippen LogP contribution is -2.49. The van der Waals surface area contributed by atoms with Crippen LogP contribution in [-0.4, -0.2) is 55.1 Å². The number of nitrogens with one attached hydrogen (secondary N) is 1. The van der Waals surface area contributed by atoms with Crippen molar-refractivity contribution >= 4 is 16.0 Å². The molecule has 8 heteroatoms. The molecule has 1 fully saturated rings. The van der Waals surface area contributed by atoms with Gasteiger partial charge in [0, 0.05) is 37.9 Å². The average Bonchev–Trinajstić information content (AvgIpc) is 2.37. The number of nitrogens with zero attached hydrogens (tertiary/aromatic N) is 3. The Bertz CT molecular complexity index is 603. The highest BCUT2D eigenvalue weighted by atomic mass is 32.2. The fraction of sp³-hybridized carbons (Fsp3) is 0.636. The molecule has 2 rings (SSSR count). The summed E-state index contributed by atoms with van der Waals surface area (Å²) in [4.78, 5) is 20.5. The normalized spacial score (nSPS) is 17.7. The summed E-state index contributed by atoms with van der Waals surface area (Å²) in [5.74, 6) is 0.525. The number of aromatic amines is 1. The molecule has 1 aromatic heterocycles. The van der Waals surface area contributed by atoms with Gasteiger partial charge in [-0.25, -0.2) is 13.4 Å². The van der Waals surface area contributed by atoms with Crippen LogP contribution in [-0.2, 0) is 16.4 Å². The zero-order valence-electron chi connectivity index (χ0n) is 11.1. The maximum atomic E-state index is 11.5. The Morgan fingerprint density at radius 1 is 1.32 bits per heavy atom. The molecule has 106 valence electrons. The van der Waals surface area contributed by atoms with Crippen LogP contribution in [0.2, 0.25) is 0 Å². The van der Waals surface area contributed by atoms with Crippen molar-refractivity contribution in [1.82, 2.24) is 14.3 Å². The van der Waals surface area contributed by atoms with Gasteiger partial charge in [-0.1, -0.05) is 6.92 Å². The van der Waals surface area contributed by atoms with E-state index >= 15 is 0 Å². The molecule has 0 amide bonds. The van der Waals surface area contributed by atoms with Gasteiger partial charge in [0.1, 0.15) is 0 Å². The number of hydrogen-bond donors (Lipinski definition) is 1. The second-order valence-corrected chi connectivity index (χ2v) is 6.55. The zero-order chi connectivity index (χ0) is 14.0. The summed E-state index contributed by atoms with van der Waals surface area (Å²) in [6.07, 6.45) is 1.90. The molecule has 1 aromatic rings. The number of rotatable bonds is 3. The van der Waals surface area contributed by atoms with Crippen LogP contribution in [0.1, 0.15) is 12.6 Å². The molecule has 0 aliphatic carbocycles. The fourth-order valence-electron chi connectivity index (χ4n) is 2.06. The number of piperazine rings is 1. The van der Waals surface area contributed by atoms with Crippen LogP contribution in [0.4, 0.5) is 5.95 Å². The highest BCUT2D eigenvalue weighted by Crippen LogP contribution is 2.12. The van der Waals surface area contributed by atoms with Gasteiger partial charge in [-0.3, -0.25) is 9.78 Å². The smallest absolute Gasteiger partial charge is 0.252 e. The van der Waals surface area contributed by atoms with E-state index in [9.17, 15) is 13.2 Å². The van der Waals surface area contributed by atoms with Crippen LogP contribution >= 0.6 is 0 Å². The second kappa shape index (κ2) is 5.30. The van der Waals surface area contributed by atoms with Gasteiger partial charge in [-0.05, 0) is 6.42 Å². The van der Waals surface area contributed by atoms with Gasteiger partial charge in [0.25, 0.3) is 5.56 Å². The fourth-order valence-corrected chi connectivity index (χ4v) is 2.88. The topological polar surface area (TPSA) is 86.4 Å². The Morgan fingerprint density at radius 2 is 1.95 bits per heavy atom. The Morgan fingerprint density at radius 3 is 2.47 bits per heavy atom. The molecule has 1 aliphatic heterocycles. The first-order valence-corrected chi connectivity index (χ1v) is 8.05. The Balaban J connectivity index is 2.14. The van der Waals surface area contributed by atoms with Crippen molar-refractivity contribution in [3.63, 3.8) is 0 Å². The number of H-pyrrole nitrogens is 1. The lowest BCUT2D eigenvalue weighted by Gasteiger charge is -2.33. The SMILES string of the molecule is CCc1cc(=O)[nH]c(N2CCN(S(C)(=O)=O)CC2)n1. The van der Waals surface area contributed by atoms with Crippen LogP contribution in [0, 0.1) is 0 Å². The molecule has 0 bridgehead atoms. The first kappa shape index (κ1) is 14.0. The van der Waals surface area contributed by atoms with Crippen molar-refractivity contribution in [1.29, 1.82) is 0 Å². The van der Waals surface area contributed by atoms with E-state index in [0.29, 0.717) is 38.5 Å². The number of hydrogen-bond acceptors (Lipinski definition) is 5. The standard InChI is InChI=1S/C11H18N4O3S/c1-3-9-8-10(16)13-11(12-9)14-4-6-15(7-5-14)19(2,17)18/h8H,3-7H2,1-2H3,(H,12,13,16). The predicted octanol–water partition coefficient (Wildman–Crippen LogP) is -0.586. The lowest BCUT2D eigenvalue weighted by molar-refractivity contribution is 0.385. The molecule has 0 saturated carbocycles. The molecule has 1 saturated heterocycles. The average molecular weight is 286 g/mol. The minimum absolute atomic E-state index is 0.174. The molecule has 19 heavy (non-hydrogen) atoms. The van der Waals surface area contributed by atoms with Crippen LogP contribution in [0.25, 0.3) is 0 Å². The van der Waals surface area contributed by atoms with E-state index < -0.39 is 10.0 Å². The highest BCUT2D eigenvalue weighted by molar-refractivity contribution is 7.88. The molecular formula is C11H18N4O3S. The van der Waals surface area contributed by atoms with E-state index in [2.05, 4.69) is 9.97 Å². The quantitative estimate of drug-likeness (QED) is 0.803. The zero-order valence-corrected chi connectivity index (χ0v) is 11.9. The maximum Gasteiger partial charge on any atom is 0.252 e. The summed E-state index contributed by atoms with van der Waals surface area (Å²) in [5.41, 5.74) is 0.566. The van der Waals surface area contributed by atoms with Crippen molar-refractivity contribution in [3.05, 3.63) is 22.1 Å². The first-order valence-electron chi connectivity index (χ1n) is 6.20. The van der Waals surface area contributed by atoms with Gasteiger partial charge in [0.05, 0.1) is 6.26 Å². The van der Waals surface area contributed by atoms with Gasteiger partial charge in [0.15, 0.2) is 0 Å². The van der Waals surface area contributed by atoms with Gasteiger partial charge >= 0.3 is 0 Å². The van der Waals surface area contributed by atoms with Crippen molar-refractivity contribution in [3.8, 4) is 0 Å². The molecule has 0 aromatic carbocycles. The van der Waals surface area contributed by atoms with Gasteiger partial charge in [0.2, 0.25) is 16.0 Å². The summed E-state index contributed by atoms with van der Waals surface area (Å²) >= 11 is 0. The lowest BCUT2D eigenvalue weighted by atomic mass is 10.3. The minimum Gasteiger partial charge on any atom is -0.340 e. The van der Waals surface area contributed by atoms with Crippen molar-refractivity contribution in [2.24, 2.45) is 0 Å². The van der Waals surface area contributed by atoms with E-state index in [0.717, 1.165) is 5.69 Å². The first-order chi connectivity index (χ1) is 8.90. The Labute approximate surface area is 112 Å². The second-order valence-electron chi connectivity index (χ2n) is 4.56. The third-order valence-corrected chi connectivity index (χ3v) is 4.45. The molecular weight excluding hydrogens is 268 g/mol. The summed E-state index contributed by atoms with van der Waals surface area (Å²) < 4.78 is 24.3. The molecule has 0 spiro atoms. The third kappa shape index (κ3) is 3.32. The van der Waals surface area contributed by atoms with E-state index in [4.69, 9.17) is 0 Å². The summed E-state index contributed by atoms with van der Waals surface area (Å²) in [6.45, 7) is 3.83. The summed E-state index contributed by atoms with van der Waals surface area (Å²) in [5, 5.41) is 0.